The van der Waals surface area contributed by atoms with Crippen LogP contribution in [-0.2, 0) is 6.18 Å². The van der Waals surface area contributed by atoms with Gasteiger partial charge in [-0.05, 0) is 31.2 Å². The van der Waals surface area contributed by atoms with Gasteiger partial charge in [0.15, 0.2) is 0 Å². The van der Waals surface area contributed by atoms with Crippen molar-refractivity contribution in [3.05, 3.63) is 81.4 Å². The van der Waals surface area contributed by atoms with Crippen LogP contribution in [0.1, 0.15) is 24.2 Å². The van der Waals surface area contributed by atoms with E-state index in [9.17, 15) is 22.4 Å². The first-order valence-corrected chi connectivity index (χ1v) is 9.58. The maximum absolute atomic E-state index is 13.9. The van der Waals surface area contributed by atoms with Crippen molar-refractivity contribution in [2.24, 2.45) is 0 Å². The highest BCUT2D eigenvalue weighted by molar-refractivity contribution is 6.33. The third-order valence-electron chi connectivity index (χ3n) is 4.78. The number of aromatic nitrogens is 4. The van der Waals surface area contributed by atoms with Gasteiger partial charge < -0.3 is 15.5 Å². The molecule has 3 heterocycles. The SMILES string of the molecule is CC(Nc1nc(N)ncc1C(F)(F)F)c1cn2ccc(Cl)c2c(=O)n1-c1cccc(F)c1. The lowest BCUT2D eigenvalue weighted by Crippen LogP contribution is -2.28. The van der Waals surface area contributed by atoms with E-state index in [2.05, 4.69) is 15.3 Å². The molecule has 0 aliphatic carbocycles. The quantitative estimate of drug-likeness (QED) is 0.434. The molecule has 1 atom stereocenters. The number of fused-ring (bicyclic) bond motifs is 1. The van der Waals surface area contributed by atoms with Crippen molar-refractivity contribution in [3.8, 4) is 5.69 Å². The van der Waals surface area contributed by atoms with E-state index < -0.39 is 35.0 Å². The Labute approximate surface area is 183 Å². The van der Waals surface area contributed by atoms with Crippen molar-refractivity contribution >= 4 is 28.9 Å². The summed E-state index contributed by atoms with van der Waals surface area (Å²) in [6.07, 6.45) is -1.11. The van der Waals surface area contributed by atoms with Crippen molar-refractivity contribution in [1.82, 2.24) is 18.9 Å². The van der Waals surface area contributed by atoms with Crippen LogP contribution >= 0.6 is 11.6 Å². The molecule has 3 N–H and O–H groups in total. The number of halogens is 5. The fraction of sp³-hybridized carbons (Fsp3) is 0.150. The molecule has 1 aromatic carbocycles. The second-order valence-electron chi connectivity index (χ2n) is 6.95. The van der Waals surface area contributed by atoms with Gasteiger partial charge in [0.05, 0.1) is 22.4 Å². The first kappa shape index (κ1) is 21.6. The van der Waals surface area contributed by atoms with Crippen LogP contribution in [-0.4, -0.2) is 18.9 Å². The largest absolute Gasteiger partial charge is 0.421 e. The van der Waals surface area contributed by atoms with Gasteiger partial charge in [0.2, 0.25) is 5.95 Å². The molecule has 0 spiro atoms. The van der Waals surface area contributed by atoms with E-state index in [0.717, 1.165) is 6.07 Å². The van der Waals surface area contributed by atoms with Gasteiger partial charge in [-0.1, -0.05) is 17.7 Å². The second kappa shape index (κ2) is 7.83. The number of rotatable bonds is 4. The molecule has 0 aliphatic heterocycles. The molecule has 4 aromatic rings. The van der Waals surface area contributed by atoms with Crippen LogP contribution in [0.15, 0.2) is 53.7 Å². The van der Waals surface area contributed by atoms with Crippen LogP contribution in [0.25, 0.3) is 11.2 Å². The average molecular weight is 467 g/mol. The molecule has 0 saturated carbocycles. The van der Waals surface area contributed by atoms with Gasteiger partial charge in [-0.3, -0.25) is 9.36 Å². The number of alkyl halides is 3. The highest BCUT2D eigenvalue weighted by Gasteiger charge is 2.35. The lowest BCUT2D eigenvalue weighted by molar-refractivity contribution is -0.137. The van der Waals surface area contributed by atoms with Gasteiger partial charge in [-0.25, -0.2) is 9.37 Å². The highest BCUT2D eigenvalue weighted by atomic mass is 35.5. The van der Waals surface area contributed by atoms with Crippen molar-refractivity contribution < 1.29 is 17.6 Å². The zero-order valence-electron chi connectivity index (χ0n) is 16.4. The number of nitrogen functional groups attached to an aromatic ring is 1. The third kappa shape index (κ3) is 3.86. The standard InChI is InChI=1S/C20H15ClF4N6O/c1-10(28-17-13(20(23,24)25)8-27-19(26)29-17)15-9-30-6-5-14(21)16(30)18(32)31(15)12-4-2-3-11(22)7-12/h2-10H,1H3,(H3,26,27,28,29). The van der Waals surface area contributed by atoms with Crippen LogP contribution in [0.4, 0.5) is 29.3 Å². The lowest BCUT2D eigenvalue weighted by atomic mass is 10.2. The number of hydrogen-bond acceptors (Lipinski definition) is 5. The Morgan fingerprint density at radius 1 is 1.25 bits per heavy atom. The van der Waals surface area contributed by atoms with Gasteiger partial charge in [0, 0.05) is 18.6 Å². The minimum atomic E-state index is -4.74. The summed E-state index contributed by atoms with van der Waals surface area (Å²) in [5.41, 5.74) is 4.32. The molecule has 4 rings (SSSR count). The summed E-state index contributed by atoms with van der Waals surface area (Å²) in [5, 5.41) is 2.82. The normalized spacial score (nSPS) is 12.8. The zero-order chi connectivity index (χ0) is 23.2. The summed E-state index contributed by atoms with van der Waals surface area (Å²) >= 11 is 6.14. The Hall–Kier alpha value is -3.60. The number of benzene rings is 1. The molecule has 0 radical (unpaired) electrons. The van der Waals surface area contributed by atoms with E-state index in [4.69, 9.17) is 17.3 Å². The predicted molar refractivity (Wildman–Crippen MR) is 111 cm³/mol. The minimum absolute atomic E-state index is 0.133. The Bertz CT molecular complexity index is 1380. The van der Waals surface area contributed by atoms with Gasteiger partial charge in [0.1, 0.15) is 22.7 Å². The number of nitrogens with one attached hydrogen (secondary N) is 1. The van der Waals surface area contributed by atoms with E-state index in [-0.39, 0.29) is 27.9 Å². The van der Waals surface area contributed by atoms with Crippen LogP contribution < -0.4 is 16.6 Å². The van der Waals surface area contributed by atoms with Crippen molar-refractivity contribution in [2.45, 2.75) is 19.1 Å². The predicted octanol–water partition coefficient (Wildman–Crippen LogP) is 4.45. The monoisotopic (exact) mass is 466 g/mol. The zero-order valence-corrected chi connectivity index (χ0v) is 17.1. The highest BCUT2D eigenvalue weighted by Crippen LogP contribution is 2.35. The molecule has 1 unspecified atom stereocenters. The second-order valence-corrected chi connectivity index (χ2v) is 7.36. The van der Waals surface area contributed by atoms with Gasteiger partial charge >= 0.3 is 6.18 Å². The van der Waals surface area contributed by atoms with Gasteiger partial charge in [0.25, 0.3) is 5.56 Å². The molecular weight excluding hydrogens is 452 g/mol. The number of hydrogen-bond donors (Lipinski definition) is 2. The number of anilines is 2. The van der Waals surface area contributed by atoms with Crippen molar-refractivity contribution in [1.29, 1.82) is 0 Å². The molecule has 3 aromatic heterocycles. The molecular formula is C20H15ClF4N6O. The molecule has 32 heavy (non-hydrogen) atoms. The smallest absolute Gasteiger partial charge is 0.368 e. The average Bonchev–Trinajstić information content (AvgIpc) is 3.08. The van der Waals surface area contributed by atoms with Crippen LogP contribution in [0, 0.1) is 5.82 Å². The summed E-state index contributed by atoms with van der Waals surface area (Å²) in [7, 11) is 0. The first-order chi connectivity index (χ1) is 15.1. The molecule has 0 amide bonds. The summed E-state index contributed by atoms with van der Waals surface area (Å²) in [6.45, 7) is 1.53. The summed E-state index contributed by atoms with van der Waals surface area (Å²) in [4.78, 5) is 20.3. The Kier molecular flexibility index (Phi) is 5.29. The molecule has 7 nitrogen and oxygen atoms in total. The van der Waals surface area contributed by atoms with E-state index in [1.165, 1.54) is 52.6 Å². The number of nitrogens with two attached hydrogens (primary N) is 1. The van der Waals surface area contributed by atoms with Crippen LogP contribution in [0.3, 0.4) is 0 Å². The van der Waals surface area contributed by atoms with E-state index in [1.807, 2.05) is 0 Å². The van der Waals surface area contributed by atoms with Crippen molar-refractivity contribution in [3.63, 3.8) is 0 Å². The molecule has 166 valence electrons. The summed E-state index contributed by atoms with van der Waals surface area (Å²) in [5.74, 6) is -1.51. The van der Waals surface area contributed by atoms with E-state index in [0.29, 0.717) is 6.20 Å². The molecule has 12 heteroatoms. The van der Waals surface area contributed by atoms with Crippen molar-refractivity contribution in [2.75, 3.05) is 11.1 Å². The summed E-state index contributed by atoms with van der Waals surface area (Å²) < 4.78 is 56.8. The molecule has 0 fully saturated rings. The molecule has 0 bridgehead atoms. The van der Waals surface area contributed by atoms with Gasteiger partial charge in [-0.15, -0.1) is 0 Å². The molecule has 0 aliphatic rings. The Morgan fingerprint density at radius 2 is 2.00 bits per heavy atom. The van der Waals surface area contributed by atoms with E-state index in [1.54, 1.807) is 0 Å². The fourth-order valence-electron chi connectivity index (χ4n) is 3.35. The Balaban J connectivity index is 1.91. The maximum atomic E-state index is 13.9. The van der Waals surface area contributed by atoms with Crippen LogP contribution in [0.5, 0.6) is 0 Å². The lowest BCUT2D eigenvalue weighted by Gasteiger charge is -2.22. The fourth-order valence-corrected chi connectivity index (χ4v) is 3.58. The van der Waals surface area contributed by atoms with Gasteiger partial charge in [-0.2, -0.15) is 18.2 Å². The molecule has 0 saturated heterocycles. The number of nitrogens with zero attached hydrogens (tertiary/aromatic N) is 4. The summed E-state index contributed by atoms with van der Waals surface area (Å²) in [6, 6.07) is 5.86. The first-order valence-electron chi connectivity index (χ1n) is 9.20. The third-order valence-corrected chi connectivity index (χ3v) is 5.08. The van der Waals surface area contributed by atoms with Crippen LogP contribution in [0.2, 0.25) is 5.02 Å². The minimum Gasteiger partial charge on any atom is -0.368 e. The maximum Gasteiger partial charge on any atom is 0.421 e. The topological polar surface area (TPSA) is 90.2 Å². The Morgan fingerprint density at radius 3 is 2.69 bits per heavy atom. The van der Waals surface area contributed by atoms with E-state index >= 15 is 0 Å².